The highest BCUT2D eigenvalue weighted by atomic mass is 19.1. The van der Waals surface area contributed by atoms with E-state index >= 15 is 0 Å². The average Bonchev–Trinajstić information content (AvgIpc) is 2.82. The van der Waals surface area contributed by atoms with Gasteiger partial charge in [-0.1, -0.05) is 12.8 Å². The Labute approximate surface area is 104 Å². The zero-order valence-corrected chi connectivity index (χ0v) is 10.1. The van der Waals surface area contributed by atoms with Crippen molar-refractivity contribution in [2.75, 3.05) is 7.11 Å². The molecule has 0 atom stereocenters. The van der Waals surface area contributed by atoms with Gasteiger partial charge in [0.05, 0.1) is 12.5 Å². The van der Waals surface area contributed by atoms with E-state index in [1.54, 1.807) is 0 Å². The van der Waals surface area contributed by atoms with E-state index in [-0.39, 0.29) is 11.3 Å². The fraction of sp³-hybridized carbons (Fsp3) is 0.462. The van der Waals surface area contributed by atoms with Gasteiger partial charge in [0.15, 0.2) is 11.6 Å². The number of aliphatic carboxylic acids is 1. The van der Waals surface area contributed by atoms with Crippen molar-refractivity contribution in [2.45, 2.75) is 31.1 Å². The lowest BCUT2D eigenvalue weighted by Gasteiger charge is -2.25. The van der Waals surface area contributed by atoms with Crippen LogP contribution in [0.5, 0.6) is 11.5 Å². The van der Waals surface area contributed by atoms with Crippen LogP contribution < -0.4 is 4.74 Å². The number of phenolic OH excluding ortho intramolecular Hbond substituents is 1. The summed E-state index contributed by atoms with van der Waals surface area (Å²) in [5.41, 5.74) is -1.22. The van der Waals surface area contributed by atoms with E-state index < -0.39 is 23.0 Å². The van der Waals surface area contributed by atoms with Gasteiger partial charge in [0.2, 0.25) is 0 Å². The highest BCUT2D eigenvalue weighted by molar-refractivity contribution is 5.82. The number of carboxylic acid groups (broad SMARTS) is 1. The normalized spacial score (nSPS) is 17.7. The van der Waals surface area contributed by atoms with Crippen LogP contribution in [0.15, 0.2) is 12.1 Å². The van der Waals surface area contributed by atoms with Crippen LogP contribution in [-0.2, 0) is 10.2 Å². The van der Waals surface area contributed by atoms with Gasteiger partial charge in [-0.25, -0.2) is 4.39 Å². The van der Waals surface area contributed by atoms with E-state index in [0.717, 1.165) is 18.9 Å². The Morgan fingerprint density at radius 3 is 2.50 bits per heavy atom. The molecule has 0 radical (unpaired) electrons. The first-order valence-corrected chi connectivity index (χ1v) is 5.81. The number of halogens is 1. The molecule has 18 heavy (non-hydrogen) atoms. The molecule has 0 aliphatic heterocycles. The van der Waals surface area contributed by atoms with E-state index in [1.807, 2.05) is 0 Å². The monoisotopic (exact) mass is 254 g/mol. The molecule has 0 unspecified atom stereocenters. The van der Waals surface area contributed by atoms with Gasteiger partial charge in [-0.15, -0.1) is 0 Å². The highest BCUT2D eigenvalue weighted by Gasteiger charge is 2.45. The molecule has 1 aliphatic rings. The van der Waals surface area contributed by atoms with Crippen LogP contribution in [-0.4, -0.2) is 23.3 Å². The number of hydrogen-bond acceptors (Lipinski definition) is 3. The molecular formula is C13H15FO4. The first-order chi connectivity index (χ1) is 8.51. The van der Waals surface area contributed by atoms with Gasteiger partial charge in [0.25, 0.3) is 0 Å². The predicted octanol–water partition coefficient (Wildman–Crippen LogP) is 2.44. The van der Waals surface area contributed by atoms with Crippen LogP contribution in [0, 0.1) is 5.82 Å². The van der Waals surface area contributed by atoms with Crippen molar-refractivity contribution >= 4 is 5.97 Å². The molecule has 98 valence electrons. The van der Waals surface area contributed by atoms with Crippen LogP contribution >= 0.6 is 0 Å². The summed E-state index contributed by atoms with van der Waals surface area (Å²) in [5.74, 6) is -2.22. The molecule has 1 aliphatic carbocycles. The lowest BCUT2D eigenvalue weighted by molar-refractivity contribution is -0.143. The molecule has 4 nitrogen and oxygen atoms in total. The van der Waals surface area contributed by atoms with Crippen LogP contribution in [0.3, 0.4) is 0 Å². The lowest BCUT2D eigenvalue weighted by atomic mass is 9.78. The highest BCUT2D eigenvalue weighted by Crippen LogP contribution is 2.45. The van der Waals surface area contributed by atoms with Crippen molar-refractivity contribution in [1.29, 1.82) is 0 Å². The zero-order valence-electron chi connectivity index (χ0n) is 10.1. The van der Waals surface area contributed by atoms with Gasteiger partial charge in [0.1, 0.15) is 5.75 Å². The molecule has 1 aromatic rings. The van der Waals surface area contributed by atoms with Crippen LogP contribution in [0.4, 0.5) is 4.39 Å². The number of aromatic hydroxyl groups is 1. The maximum absolute atomic E-state index is 14.0. The Balaban J connectivity index is 2.61. The van der Waals surface area contributed by atoms with Crippen LogP contribution in [0.25, 0.3) is 0 Å². The standard InChI is InChI=1S/C13H15FO4/c1-18-8-6-9(11(14)10(15)7-8)13(12(16)17)4-2-3-5-13/h6-7,15H,2-5H2,1H3,(H,16,17). The van der Waals surface area contributed by atoms with Crippen molar-refractivity contribution in [3.63, 3.8) is 0 Å². The van der Waals surface area contributed by atoms with Gasteiger partial charge in [-0.05, 0) is 18.9 Å². The SMILES string of the molecule is COc1cc(O)c(F)c(C2(C(=O)O)CCCC2)c1. The minimum absolute atomic E-state index is 0.0179. The molecule has 5 heteroatoms. The van der Waals surface area contributed by atoms with Crippen LogP contribution in [0.2, 0.25) is 0 Å². The first kappa shape index (κ1) is 12.7. The molecule has 2 N–H and O–H groups in total. The van der Waals surface area contributed by atoms with Crippen molar-refractivity contribution in [3.8, 4) is 11.5 Å². The summed E-state index contributed by atoms with van der Waals surface area (Å²) in [6, 6.07) is 2.51. The predicted molar refractivity (Wildman–Crippen MR) is 62.4 cm³/mol. The second-order valence-corrected chi connectivity index (χ2v) is 4.60. The zero-order chi connectivity index (χ0) is 13.3. The maximum atomic E-state index is 14.0. The number of carbonyl (C=O) groups is 1. The third kappa shape index (κ3) is 1.79. The number of phenols is 1. The second kappa shape index (κ2) is 4.48. The van der Waals surface area contributed by atoms with Crippen molar-refractivity contribution in [3.05, 3.63) is 23.5 Å². The van der Waals surface area contributed by atoms with Crippen LogP contribution in [0.1, 0.15) is 31.2 Å². The molecule has 0 spiro atoms. The minimum atomic E-state index is -1.24. The Kier molecular flexibility index (Phi) is 3.15. The fourth-order valence-corrected chi connectivity index (χ4v) is 2.63. The maximum Gasteiger partial charge on any atom is 0.314 e. The number of benzene rings is 1. The number of rotatable bonds is 3. The van der Waals surface area contributed by atoms with Crippen molar-refractivity contribution in [2.24, 2.45) is 0 Å². The summed E-state index contributed by atoms with van der Waals surface area (Å²) in [5, 5.41) is 18.9. The molecule has 1 saturated carbocycles. The summed E-state index contributed by atoms with van der Waals surface area (Å²) in [4.78, 5) is 11.5. The third-order valence-corrected chi connectivity index (χ3v) is 3.64. The summed E-state index contributed by atoms with van der Waals surface area (Å²) in [6.45, 7) is 0. The quantitative estimate of drug-likeness (QED) is 0.869. The van der Waals surface area contributed by atoms with Gasteiger partial charge in [-0.2, -0.15) is 0 Å². The summed E-state index contributed by atoms with van der Waals surface area (Å²) < 4.78 is 19.0. The smallest absolute Gasteiger partial charge is 0.314 e. The molecule has 0 saturated heterocycles. The molecular weight excluding hydrogens is 239 g/mol. The van der Waals surface area contributed by atoms with E-state index in [9.17, 15) is 19.4 Å². The summed E-state index contributed by atoms with van der Waals surface area (Å²) in [6.07, 6.45) is 2.24. The fourth-order valence-electron chi connectivity index (χ4n) is 2.63. The van der Waals surface area contributed by atoms with Gasteiger partial charge in [0, 0.05) is 11.6 Å². The molecule has 2 rings (SSSR count). The van der Waals surface area contributed by atoms with E-state index in [4.69, 9.17) is 4.74 Å². The summed E-state index contributed by atoms with van der Waals surface area (Å²) in [7, 11) is 1.39. The Morgan fingerprint density at radius 2 is 2.00 bits per heavy atom. The summed E-state index contributed by atoms with van der Waals surface area (Å²) >= 11 is 0. The number of ether oxygens (including phenoxy) is 1. The molecule has 0 aromatic heterocycles. The number of methoxy groups -OCH3 is 1. The van der Waals surface area contributed by atoms with E-state index in [2.05, 4.69) is 0 Å². The molecule has 1 fully saturated rings. The van der Waals surface area contributed by atoms with E-state index in [0.29, 0.717) is 12.8 Å². The Hall–Kier alpha value is -1.78. The van der Waals surface area contributed by atoms with Gasteiger partial charge in [-0.3, -0.25) is 4.79 Å². The average molecular weight is 254 g/mol. The Bertz CT molecular complexity index is 478. The topological polar surface area (TPSA) is 66.8 Å². The Morgan fingerprint density at radius 1 is 1.39 bits per heavy atom. The first-order valence-electron chi connectivity index (χ1n) is 5.81. The van der Waals surface area contributed by atoms with Gasteiger partial charge < -0.3 is 14.9 Å². The minimum Gasteiger partial charge on any atom is -0.505 e. The molecule has 0 amide bonds. The molecule has 0 bridgehead atoms. The number of hydrogen-bond donors (Lipinski definition) is 2. The lowest BCUT2D eigenvalue weighted by Crippen LogP contribution is -2.33. The van der Waals surface area contributed by atoms with E-state index in [1.165, 1.54) is 13.2 Å². The molecule has 1 aromatic carbocycles. The van der Waals surface area contributed by atoms with Crippen molar-refractivity contribution < 1.29 is 24.1 Å². The van der Waals surface area contributed by atoms with Crippen molar-refractivity contribution in [1.82, 2.24) is 0 Å². The van der Waals surface area contributed by atoms with Gasteiger partial charge >= 0.3 is 5.97 Å². The third-order valence-electron chi connectivity index (χ3n) is 3.64. The second-order valence-electron chi connectivity index (χ2n) is 4.60. The largest absolute Gasteiger partial charge is 0.505 e. The number of carboxylic acids is 1. The molecule has 0 heterocycles.